The molecule has 0 unspecified atom stereocenters. The van der Waals surface area contributed by atoms with Crippen molar-refractivity contribution in [1.29, 1.82) is 0 Å². The van der Waals surface area contributed by atoms with E-state index in [0.717, 1.165) is 25.8 Å². The molecule has 160 valence electrons. The zero-order chi connectivity index (χ0) is 21.2. The third-order valence-corrected chi connectivity index (χ3v) is 5.09. The Labute approximate surface area is 176 Å². The van der Waals surface area contributed by atoms with Gasteiger partial charge in [-0.2, -0.15) is 0 Å². The van der Waals surface area contributed by atoms with Crippen LogP contribution in [0, 0.1) is 0 Å². The molecule has 0 saturated heterocycles. The SMILES string of the molecule is CC(C)=CCCC(C)=CCCC(C)=CCCC(C)=CCCC(C)=CCCCN. The van der Waals surface area contributed by atoms with Crippen LogP contribution in [0.15, 0.2) is 58.2 Å². The molecular weight excluding hydrogens is 338 g/mol. The maximum atomic E-state index is 5.54. The third-order valence-electron chi connectivity index (χ3n) is 5.09. The summed E-state index contributed by atoms with van der Waals surface area (Å²) >= 11 is 0. The summed E-state index contributed by atoms with van der Waals surface area (Å²) < 4.78 is 0. The first kappa shape index (κ1) is 26.7. The minimum absolute atomic E-state index is 0.794. The van der Waals surface area contributed by atoms with Gasteiger partial charge in [-0.3, -0.25) is 0 Å². The summed E-state index contributed by atoms with van der Waals surface area (Å²) in [6, 6.07) is 0. The fourth-order valence-corrected chi connectivity index (χ4v) is 3.10. The fraction of sp³-hybridized carbons (Fsp3) is 0.630. The van der Waals surface area contributed by atoms with Crippen LogP contribution in [0.4, 0.5) is 0 Å². The predicted octanol–water partition coefficient (Wildman–Crippen LogP) is 8.60. The van der Waals surface area contributed by atoms with Gasteiger partial charge in [0.1, 0.15) is 0 Å². The highest BCUT2D eigenvalue weighted by atomic mass is 14.5. The van der Waals surface area contributed by atoms with Crippen LogP contribution in [0.1, 0.15) is 106 Å². The van der Waals surface area contributed by atoms with Crippen LogP contribution >= 0.6 is 0 Å². The third kappa shape index (κ3) is 18.0. The average Bonchev–Trinajstić information content (AvgIpc) is 2.61. The Bertz CT molecular complexity index is 551. The molecule has 0 rings (SSSR count). The van der Waals surface area contributed by atoms with Crippen LogP contribution in [-0.4, -0.2) is 6.54 Å². The Morgan fingerprint density at radius 3 is 1.14 bits per heavy atom. The van der Waals surface area contributed by atoms with E-state index in [-0.39, 0.29) is 0 Å². The van der Waals surface area contributed by atoms with Crippen LogP contribution < -0.4 is 5.73 Å². The van der Waals surface area contributed by atoms with Gasteiger partial charge in [0, 0.05) is 0 Å². The van der Waals surface area contributed by atoms with Crippen molar-refractivity contribution in [3.05, 3.63) is 58.2 Å². The zero-order valence-corrected chi connectivity index (χ0v) is 19.7. The molecule has 0 heterocycles. The van der Waals surface area contributed by atoms with E-state index in [9.17, 15) is 0 Å². The molecule has 0 aromatic carbocycles. The highest BCUT2D eigenvalue weighted by Gasteiger charge is 1.94. The smallest absolute Gasteiger partial charge is 0.00743 e. The van der Waals surface area contributed by atoms with Gasteiger partial charge in [-0.05, 0) is 112 Å². The maximum Gasteiger partial charge on any atom is -0.00743 e. The number of allylic oxidation sites excluding steroid dienone is 10. The highest BCUT2D eigenvalue weighted by Crippen LogP contribution is 2.15. The first-order chi connectivity index (χ1) is 13.3. The minimum atomic E-state index is 0.794. The molecule has 0 aliphatic rings. The lowest BCUT2D eigenvalue weighted by Crippen LogP contribution is -1.96. The molecule has 0 spiro atoms. The van der Waals surface area contributed by atoms with Crippen molar-refractivity contribution in [2.45, 2.75) is 106 Å². The summed E-state index contributed by atoms with van der Waals surface area (Å²) in [5.74, 6) is 0. The van der Waals surface area contributed by atoms with Gasteiger partial charge in [-0.25, -0.2) is 0 Å². The Balaban J connectivity index is 4.03. The molecule has 1 heteroatoms. The lowest BCUT2D eigenvalue weighted by atomic mass is 10.0. The van der Waals surface area contributed by atoms with Gasteiger partial charge in [0.15, 0.2) is 0 Å². The Morgan fingerprint density at radius 1 is 0.500 bits per heavy atom. The van der Waals surface area contributed by atoms with E-state index in [1.165, 1.54) is 72.8 Å². The molecule has 28 heavy (non-hydrogen) atoms. The van der Waals surface area contributed by atoms with Crippen molar-refractivity contribution in [3.63, 3.8) is 0 Å². The standard InChI is InChI=1S/C27H47N/c1-23(2)13-9-15-25(4)17-11-19-27(6)21-12-20-26(5)18-10-16-24(3)14-7-8-22-28/h13-14,17-18,21H,7-12,15-16,19-20,22,28H2,1-6H3. The van der Waals surface area contributed by atoms with Crippen LogP contribution in [0.2, 0.25) is 0 Å². The first-order valence-electron chi connectivity index (χ1n) is 11.3. The Morgan fingerprint density at radius 2 is 0.821 bits per heavy atom. The van der Waals surface area contributed by atoms with Crippen molar-refractivity contribution in [2.24, 2.45) is 5.73 Å². The largest absolute Gasteiger partial charge is 0.330 e. The lowest BCUT2D eigenvalue weighted by molar-refractivity contribution is 0.838. The van der Waals surface area contributed by atoms with Gasteiger partial charge < -0.3 is 5.73 Å². The first-order valence-corrected chi connectivity index (χ1v) is 11.3. The summed E-state index contributed by atoms with van der Waals surface area (Å²) in [4.78, 5) is 0. The quantitative estimate of drug-likeness (QED) is 0.221. The zero-order valence-electron chi connectivity index (χ0n) is 19.7. The molecule has 0 aliphatic heterocycles. The minimum Gasteiger partial charge on any atom is -0.330 e. The second-order valence-electron chi connectivity index (χ2n) is 8.57. The van der Waals surface area contributed by atoms with Crippen molar-refractivity contribution in [3.8, 4) is 0 Å². The molecule has 0 saturated carbocycles. The highest BCUT2D eigenvalue weighted by molar-refractivity contribution is 5.08. The van der Waals surface area contributed by atoms with E-state index in [4.69, 9.17) is 5.73 Å². The molecule has 0 bridgehead atoms. The van der Waals surface area contributed by atoms with E-state index < -0.39 is 0 Å². The van der Waals surface area contributed by atoms with Crippen LogP contribution in [0.3, 0.4) is 0 Å². The maximum absolute atomic E-state index is 5.54. The van der Waals surface area contributed by atoms with Gasteiger partial charge in [0.25, 0.3) is 0 Å². The average molecular weight is 386 g/mol. The molecular formula is C27H47N. The Kier molecular flexibility index (Phi) is 16.9. The van der Waals surface area contributed by atoms with E-state index in [0.29, 0.717) is 0 Å². The number of hydrogen-bond acceptors (Lipinski definition) is 1. The summed E-state index contributed by atoms with van der Waals surface area (Å²) in [5, 5.41) is 0. The second kappa shape index (κ2) is 17.7. The lowest BCUT2D eigenvalue weighted by Gasteiger charge is -2.03. The monoisotopic (exact) mass is 385 g/mol. The van der Waals surface area contributed by atoms with Gasteiger partial charge in [-0.15, -0.1) is 0 Å². The molecule has 0 aromatic heterocycles. The number of rotatable bonds is 15. The van der Waals surface area contributed by atoms with Gasteiger partial charge >= 0.3 is 0 Å². The molecule has 1 nitrogen and oxygen atoms in total. The van der Waals surface area contributed by atoms with Crippen molar-refractivity contribution < 1.29 is 0 Å². The Hall–Kier alpha value is -1.34. The summed E-state index contributed by atoms with van der Waals surface area (Å²) in [6.07, 6.45) is 23.6. The molecule has 0 amide bonds. The van der Waals surface area contributed by atoms with E-state index in [2.05, 4.69) is 71.9 Å². The van der Waals surface area contributed by atoms with Crippen LogP contribution in [0.5, 0.6) is 0 Å². The fourth-order valence-electron chi connectivity index (χ4n) is 3.10. The van der Waals surface area contributed by atoms with Crippen LogP contribution in [-0.2, 0) is 0 Å². The van der Waals surface area contributed by atoms with Gasteiger partial charge in [-0.1, -0.05) is 58.2 Å². The summed E-state index contributed by atoms with van der Waals surface area (Å²) in [7, 11) is 0. The van der Waals surface area contributed by atoms with Gasteiger partial charge in [0.2, 0.25) is 0 Å². The predicted molar refractivity (Wildman–Crippen MR) is 130 cm³/mol. The van der Waals surface area contributed by atoms with E-state index in [1.807, 2.05) is 0 Å². The molecule has 0 aromatic rings. The molecule has 0 atom stereocenters. The van der Waals surface area contributed by atoms with Crippen molar-refractivity contribution >= 4 is 0 Å². The van der Waals surface area contributed by atoms with Crippen LogP contribution in [0.25, 0.3) is 0 Å². The second-order valence-corrected chi connectivity index (χ2v) is 8.57. The van der Waals surface area contributed by atoms with E-state index >= 15 is 0 Å². The molecule has 0 fully saturated rings. The number of unbranched alkanes of at least 4 members (excludes halogenated alkanes) is 1. The molecule has 2 N–H and O–H groups in total. The van der Waals surface area contributed by atoms with Crippen molar-refractivity contribution in [2.75, 3.05) is 6.54 Å². The molecule has 0 aliphatic carbocycles. The summed E-state index contributed by atoms with van der Waals surface area (Å²) in [5.41, 5.74) is 13.0. The normalized spacial score (nSPS) is 13.8. The molecule has 0 radical (unpaired) electrons. The summed E-state index contributed by atoms with van der Waals surface area (Å²) in [6.45, 7) is 14.2. The number of nitrogens with two attached hydrogens (primary N) is 1. The van der Waals surface area contributed by atoms with Gasteiger partial charge in [0.05, 0.1) is 0 Å². The van der Waals surface area contributed by atoms with Crippen molar-refractivity contribution in [1.82, 2.24) is 0 Å². The van der Waals surface area contributed by atoms with E-state index in [1.54, 1.807) is 0 Å². The number of hydrogen-bond donors (Lipinski definition) is 1. The topological polar surface area (TPSA) is 26.0 Å².